The second-order valence-corrected chi connectivity index (χ2v) is 6.67. The summed E-state index contributed by atoms with van der Waals surface area (Å²) >= 11 is 7.29. The van der Waals surface area contributed by atoms with Gasteiger partial charge in [-0.1, -0.05) is 41.9 Å². The number of para-hydroxylation sites is 1. The highest BCUT2D eigenvalue weighted by atomic mass is 35.5. The summed E-state index contributed by atoms with van der Waals surface area (Å²) in [5.41, 5.74) is 3.12. The van der Waals surface area contributed by atoms with Crippen LogP contribution in [0.1, 0.15) is 10.4 Å². The molecule has 1 N–H and O–H groups in total. The number of fused-ring (bicyclic) bond motifs is 1. The summed E-state index contributed by atoms with van der Waals surface area (Å²) in [5, 5.41) is 6.82. The summed E-state index contributed by atoms with van der Waals surface area (Å²) in [4.78, 5) is 21.4. The third-order valence-corrected chi connectivity index (χ3v) is 4.77. The lowest BCUT2D eigenvalue weighted by atomic mass is 10.1. The number of halogens is 1. The van der Waals surface area contributed by atoms with Gasteiger partial charge >= 0.3 is 0 Å². The van der Waals surface area contributed by atoms with E-state index in [9.17, 15) is 4.79 Å². The highest BCUT2D eigenvalue weighted by molar-refractivity contribution is 7.14. The molecule has 2 heterocycles. The van der Waals surface area contributed by atoms with Crippen LogP contribution in [0.25, 0.3) is 22.2 Å². The Bertz CT molecular complexity index is 1050. The lowest BCUT2D eigenvalue weighted by Gasteiger charge is -2.05. The van der Waals surface area contributed by atoms with Gasteiger partial charge in [0.25, 0.3) is 5.91 Å². The van der Waals surface area contributed by atoms with Crippen LogP contribution in [-0.2, 0) is 0 Å². The van der Waals surface area contributed by atoms with Crippen LogP contribution in [0.2, 0.25) is 5.02 Å². The molecule has 0 spiro atoms. The summed E-state index contributed by atoms with van der Waals surface area (Å²) in [6, 6.07) is 16.7. The molecule has 0 bridgehead atoms. The van der Waals surface area contributed by atoms with Crippen LogP contribution in [0.3, 0.4) is 0 Å². The topological polar surface area (TPSA) is 54.9 Å². The summed E-state index contributed by atoms with van der Waals surface area (Å²) < 4.78 is 0. The maximum atomic E-state index is 12.6. The van der Waals surface area contributed by atoms with Crippen LogP contribution in [0, 0.1) is 0 Å². The van der Waals surface area contributed by atoms with Crippen LogP contribution in [0.4, 0.5) is 5.13 Å². The smallest absolute Gasteiger partial charge is 0.258 e. The second-order valence-electron chi connectivity index (χ2n) is 5.37. The van der Waals surface area contributed by atoms with E-state index < -0.39 is 0 Å². The van der Waals surface area contributed by atoms with Crippen LogP contribution >= 0.6 is 22.9 Å². The van der Waals surface area contributed by atoms with E-state index in [1.165, 1.54) is 11.3 Å². The standard InChI is InChI=1S/C19H12ClN3OS/c20-13-7-5-12(6-8-13)17-11-25-19(22-17)23-18(24)15-9-10-21-16-4-2-1-3-14(15)16/h1-11H,(H,22,23,24). The predicted molar refractivity (Wildman–Crippen MR) is 102 cm³/mol. The normalized spacial score (nSPS) is 10.8. The Morgan fingerprint density at radius 2 is 1.84 bits per heavy atom. The number of carbonyl (C=O) groups is 1. The van der Waals surface area contributed by atoms with E-state index in [2.05, 4.69) is 15.3 Å². The first-order chi connectivity index (χ1) is 12.2. The number of pyridine rings is 1. The molecular formula is C19H12ClN3OS. The third-order valence-electron chi connectivity index (χ3n) is 3.76. The molecule has 4 nitrogen and oxygen atoms in total. The van der Waals surface area contributed by atoms with Crippen molar-refractivity contribution in [2.45, 2.75) is 0 Å². The number of aromatic nitrogens is 2. The number of nitrogens with zero attached hydrogens (tertiary/aromatic N) is 2. The molecule has 0 aliphatic rings. The van der Waals surface area contributed by atoms with Crippen molar-refractivity contribution in [2.75, 3.05) is 5.32 Å². The van der Waals surface area contributed by atoms with Crippen molar-refractivity contribution in [3.8, 4) is 11.3 Å². The zero-order chi connectivity index (χ0) is 17.2. The van der Waals surface area contributed by atoms with Crippen molar-refractivity contribution in [1.29, 1.82) is 0 Å². The molecule has 6 heteroatoms. The molecule has 4 aromatic rings. The van der Waals surface area contributed by atoms with Gasteiger partial charge in [0, 0.05) is 27.5 Å². The fourth-order valence-electron chi connectivity index (χ4n) is 2.54. The minimum absolute atomic E-state index is 0.199. The molecule has 0 aliphatic heterocycles. The number of hydrogen-bond donors (Lipinski definition) is 1. The first-order valence-corrected chi connectivity index (χ1v) is 8.83. The fourth-order valence-corrected chi connectivity index (χ4v) is 3.38. The minimum atomic E-state index is -0.199. The Hall–Kier alpha value is -2.76. The SMILES string of the molecule is O=C(Nc1nc(-c2ccc(Cl)cc2)cs1)c1ccnc2ccccc12. The molecule has 0 atom stereocenters. The van der Waals surface area contributed by atoms with Gasteiger partial charge in [0.05, 0.1) is 16.8 Å². The van der Waals surface area contributed by atoms with Crippen LogP contribution in [-0.4, -0.2) is 15.9 Å². The number of nitrogens with one attached hydrogen (secondary N) is 1. The summed E-state index contributed by atoms with van der Waals surface area (Å²) in [6.07, 6.45) is 1.64. The average Bonchev–Trinajstić information content (AvgIpc) is 3.10. The molecular weight excluding hydrogens is 354 g/mol. The van der Waals surface area contributed by atoms with Crippen LogP contribution < -0.4 is 5.32 Å². The van der Waals surface area contributed by atoms with Gasteiger partial charge in [-0.25, -0.2) is 4.98 Å². The largest absolute Gasteiger partial charge is 0.298 e. The van der Waals surface area contributed by atoms with E-state index in [4.69, 9.17) is 11.6 Å². The Labute approximate surface area is 153 Å². The van der Waals surface area contributed by atoms with Crippen LogP contribution in [0.5, 0.6) is 0 Å². The molecule has 0 unspecified atom stereocenters. The number of hydrogen-bond acceptors (Lipinski definition) is 4. The van der Waals surface area contributed by atoms with E-state index in [1.54, 1.807) is 12.3 Å². The number of amides is 1. The van der Waals surface area contributed by atoms with E-state index in [-0.39, 0.29) is 5.91 Å². The Morgan fingerprint density at radius 3 is 2.68 bits per heavy atom. The van der Waals surface area contributed by atoms with Gasteiger partial charge in [-0.05, 0) is 24.3 Å². The summed E-state index contributed by atoms with van der Waals surface area (Å²) in [6.45, 7) is 0. The zero-order valence-electron chi connectivity index (χ0n) is 12.9. The Morgan fingerprint density at radius 1 is 1.04 bits per heavy atom. The monoisotopic (exact) mass is 365 g/mol. The quantitative estimate of drug-likeness (QED) is 0.538. The van der Waals surface area contributed by atoms with E-state index in [0.29, 0.717) is 15.7 Å². The molecule has 2 aromatic heterocycles. The van der Waals surface area contributed by atoms with Gasteiger partial charge in [-0.15, -0.1) is 11.3 Å². The zero-order valence-corrected chi connectivity index (χ0v) is 14.5. The van der Waals surface area contributed by atoms with Crippen molar-refractivity contribution < 1.29 is 4.79 Å². The Balaban J connectivity index is 1.60. The molecule has 1 amide bonds. The predicted octanol–water partition coefficient (Wildman–Crippen LogP) is 5.26. The number of benzene rings is 2. The molecule has 0 fully saturated rings. The summed E-state index contributed by atoms with van der Waals surface area (Å²) in [5.74, 6) is -0.199. The van der Waals surface area contributed by atoms with Crippen LogP contribution in [0.15, 0.2) is 66.2 Å². The van der Waals surface area contributed by atoms with Crippen molar-refractivity contribution in [3.63, 3.8) is 0 Å². The van der Waals surface area contributed by atoms with E-state index in [1.807, 2.05) is 53.9 Å². The molecule has 4 rings (SSSR count). The minimum Gasteiger partial charge on any atom is -0.298 e. The van der Waals surface area contributed by atoms with Gasteiger partial charge in [-0.2, -0.15) is 0 Å². The van der Waals surface area contributed by atoms with Gasteiger partial charge in [0.1, 0.15) is 0 Å². The van der Waals surface area contributed by atoms with Gasteiger partial charge in [-0.3, -0.25) is 15.1 Å². The maximum Gasteiger partial charge on any atom is 0.258 e. The van der Waals surface area contributed by atoms with Gasteiger partial charge < -0.3 is 0 Å². The first kappa shape index (κ1) is 15.7. The third kappa shape index (κ3) is 3.24. The lowest BCUT2D eigenvalue weighted by Crippen LogP contribution is -2.12. The highest BCUT2D eigenvalue weighted by Crippen LogP contribution is 2.26. The fraction of sp³-hybridized carbons (Fsp3) is 0. The molecule has 0 aliphatic carbocycles. The van der Waals surface area contributed by atoms with E-state index in [0.717, 1.165) is 22.2 Å². The molecule has 122 valence electrons. The average molecular weight is 366 g/mol. The van der Waals surface area contributed by atoms with E-state index >= 15 is 0 Å². The number of rotatable bonds is 3. The molecule has 0 saturated heterocycles. The van der Waals surface area contributed by atoms with Crippen molar-refractivity contribution >= 4 is 44.9 Å². The maximum absolute atomic E-state index is 12.6. The number of thiazole rings is 1. The molecule has 0 saturated carbocycles. The summed E-state index contributed by atoms with van der Waals surface area (Å²) in [7, 11) is 0. The Kier molecular flexibility index (Phi) is 4.17. The molecule has 25 heavy (non-hydrogen) atoms. The van der Waals surface area contributed by atoms with Gasteiger partial charge in [0.15, 0.2) is 5.13 Å². The van der Waals surface area contributed by atoms with Crippen molar-refractivity contribution in [1.82, 2.24) is 9.97 Å². The van der Waals surface area contributed by atoms with Crippen molar-refractivity contribution in [2.24, 2.45) is 0 Å². The second kappa shape index (κ2) is 6.63. The van der Waals surface area contributed by atoms with Gasteiger partial charge in [0.2, 0.25) is 0 Å². The lowest BCUT2D eigenvalue weighted by molar-refractivity contribution is 0.102. The molecule has 2 aromatic carbocycles. The molecule has 0 radical (unpaired) electrons. The highest BCUT2D eigenvalue weighted by Gasteiger charge is 2.13. The van der Waals surface area contributed by atoms with Crippen molar-refractivity contribution in [3.05, 3.63) is 76.8 Å². The number of carbonyl (C=O) groups excluding carboxylic acids is 1. The number of anilines is 1. The first-order valence-electron chi connectivity index (χ1n) is 7.57.